The Balaban J connectivity index is 1.82. The molecule has 200 valence electrons. The number of ether oxygens (including phenoxy) is 2. The van der Waals surface area contributed by atoms with Crippen LogP contribution in [0.3, 0.4) is 0 Å². The fourth-order valence-corrected chi connectivity index (χ4v) is 4.46. The van der Waals surface area contributed by atoms with Crippen molar-refractivity contribution < 1.29 is 22.6 Å². The molecule has 0 aliphatic rings. The molecule has 3 heterocycles. The summed E-state index contributed by atoms with van der Waals surface area (Å²) in [5.74, 6) is 0.978. The third kappa shape index (κ3) is 4.95. The number of halogens is 3. The highest BCUT2D eigenvalue weighted by atomic mass is 19.4. The van der Waals surface area contributed by atoms with E-state index in [4.69, 9.17) is 14.6 Å². The number of hydrogen-bond donors (Lipinski definition) is 0. The van der Waals surface area contributed by atoms with Crippen LogP contribution in [0.5, 0.6) is 11.5 Å². The Hall–Kier alpha value is -4.67. The molecular weight excluding hydrogens is 509 g/mol. The van der Waals surface area contributed by atoms with Gasteiger partial charge in [-0.2, -0.15) is 28.1 Å². The van der Waals surface area contributed by atoms with E-state index < -0.39 is 11.9 Å². The molecule has 2 aromatic carbocycles. The third-order valence-corrected chi connectivity index (χ3v) is 6.29. The number of benzene rings is 2. The van der Waals surface area contributed by atoms with Crippen LogP contribution in [-0.2, 0) is 13.2 Å². The summed E-state index contributed by atoms with van der Waals surface area (Å²) in [4.78, 5) is 8.48. The third-order valence-electron chi connectivity index (χ3n) is 6.29. The summed E-state index contributed by atoms with van der Waals surface area (Å²) in [5.41, 5.74) is 3.20. The maximum atomic E-state index is 14.1. The minimum Gasteiger partial charge on any atom is -0.497 e. The SMILES string of the molecule is COc1cccc(-c2nn(-c3nc(-c4cn(C)nc4C)cc(C(F)(F)F)n3)c(-c3cccc(OC)c3)c2C)c1. The van der Waals surface area contributed by atoms with Crippen LogP contribution in [0.2, 0.25) is 0 Å². The van der Waals surface area contributed by atoms with Crippen molar-refractivity contribution >= 4 is 0 Å². The van der Waals surface area contributed by atoms with Gasteiger partial charge < -0.3 is 9.47 Å². The van der Waals surface area contributed by atoms with Gasteiger partial charge in [0, 0.05) is 35.5 Å². The van der Waals surface area contributed by atoms with Crippen molar-refractivity contribution in [3.05, 3.63) is 77.7 Å². The number of hydrogen-bond acceptors (Lipinski definition) is 6. The van der Waals surface area contributed by atoms with Gasteiger partial charge >= 0.3 is 6.18 Å². The van der Waals surface area contributed by atoms with Gasteiger partial charge in [-0.25, -0.2) is 9.97 Å². The number of aromatic nitrogens is 6. The molecule has 0 amide bonds. The molecule has 0 spiro atoms. The highest BCUT2D eigenvalue weighted by Crippen LogP contribution is 2.37. The molecule has 0 radical (unpaired) electrons. The maximum Gasteiger partial charge on any atom is 0.433 e. The smallest absolute Gasteiger partial charge is 0.433 e. The summed E-state index contributed by atoms with van der Waals surface area (Å²) in [7, 11) is 4.80. The fourth-order valence-electron chi connectivity index (χ4n) is 4.46. The van der Waals surface area contributed by atoms with Crippen LogP contribution in [0, 0.1) is 13.8 Å². The summed E-state index contributed by atoms with van der Waals surface area (Å²) in [6.45, 7) is 3.57. The van der Waals surface area contributed by atoms with E-state index in [-0.39, 0.29) is 11.6 Å². The molecule has 0 saturated heterocycles. The molecular formula is C28H25F3N6O2. The second-order valence-corrected chi connectivity index (χ2v) is 8.94. The van der Waals surface area contributed by atoms with Crippen molar-refractivity contribution in [2.45, 2.75) is 20.0 Å². The van der Waals surface area contributed by atoms with Gasteiger partial charge in [-0.1, -0.05) is 24.3 Å². The van der Waals surface area contributed by atoms with Gasteiger partial charge in [-0.3, -0.25) is 4.68 Å². The Labute approximate surface area is 222 Å². The number of rotatable bonds is 6. The quantitative estimate of drug-likeness (QED) is 0.264. The largest absolute Gasteiger partial charge is 0.497 e. The fraction of sp³-hybridized carbons (Fsp3) is 0.214. The van der Waals surface area contributed by atoms with Gasteiger partial charge in [0.25, 0.3) is 5.95 Å². The van der Waals surface area contributed by atoms with Crippen LogP contribution in [0.4, 0.5) is 13.2 Å². The van der Waals surface area contributed by atoms with Crippen molar-refractivity contribution in [3.8, 4) is 51.2 Å². The minimum absolute atomic E-state index is 0.0885. The summed E-state index contributed by atoms with van der Waals surface area (Å²) in [5, 5.41) is 9.02. The lowest BCUT2D eigenvalue weighted by atomic mass is 10.0. The van der Waals surface area contributed by atoms with E-state index >= 15 is 0 Å². The van der Waals surface area contributed by atoms with Crippen LogP contribution in [0.1, 0.15) is 17.0 Å². The molecule has 0 aliphatic carbocycles. The lowest BCUT2D eigenvalue weighted by molar-refractivity contribution is -0.141. The first kappa shape index (κ1) is 26.0. The Kier molecular flexibility index (Phi) is 6.59. The monoisotopic (exact) mass is 534 g/mol. The summed E-state index contributed by atoms with van der Waals surface area (Å²) < 4.78 is 55.9. The standard InChI is InChI=1S/C28H25F3N6O2/c1-16-25(18-8-6-10-20(12-18)38-4)35-37(26(16)19-9-7-11-21(13-19)39-5)27-32-23(14-24(33-27)28(29,30)31)22-15-36(3)34-17(22)2/h6-15H,1-5H3. The van der Waals surface area contributed by atoms with Crippen LogP contribution < -0.4 is 9.47 Å². The first-order valence-corrected chi connectivity index (χ1v) is 11.9. The van der Waals surface area contributed by atoms with Crippen molar-refractivity contribution in [3.63, 3.8) is 0 Å². The highest BCUT2D eigenvalue weighted by Gasteiger charge is 2.35. The minimum atomic E-state index is -4.71. The normalized spacial score (nSPS) is 11.6. The summed E-state index contributed by atoms with van der Waals surface area (Å²) in [6.07, 6.45) is -3.09. The number of alkyl halides is 3. The lowest BCUT2D eigenvalue weighted by Crippen LogP contribution is -2.14. The molecule has 0 bridgehead atoms. The average Bonchev–Trinajstić information content (AvgIpc) is 3.45. The van der Waals surface area contributed by atoms with Crippen LogP contribution in [0.15, 0.2) is 60.8 Å². The lowest BCUT2D eigenvalue weighted by Gasteiger charge is -2.13. The predicted molar refractivity (Wildman–Crippen MR) is 140 cm³/mol. The molecule has 0 saturated carbocycles. The molecule has 0 atom stereocenters. The number of aryl methyl sites for hydroxylation is 2. The zero-order valence-corrected chi connectivity index (χ0v) is 21.9. The summed E-state index contributed by atoms with van der Waals surface area (Å²) in [6, 6.07) is 15.4. The average molecular weight is 535 g/mol. The van der Waals surface area contributed by atoms with Gasteiger partial charge in [0.1, 0.15) is 11.5 Å². The van der Waals surface area contributed by atoms with Crippen molar-refractivity contribution in [2.75, 3.05) is 14.2 Å². The van der Waals surface area contributed by atoms with E-state index in [0.717, 1.165) is 17.2 Å². The molecule has 0 fully saturated rings. The van der Waals surface area contributed by atoms with E-state index in [1.54, 1.807) is 58.7 Å². The van der Waals surface area contributed by atoms with Gasteiger partial charge in [0.2, 0.25) is 0 Å². The number of nitrogens with zero attached hydrogens (tertiary/aromatic N) is 6. The van der Waals surface area contributed by atoms with Gasteiger partial charge in [-0.15, -0.1) is 0 Å². The van der Waals surface area contributed by atoms with E-state index in [0.29, 0.717) is 39.7 Å². The first-order valence-electron chi connectivity index (χ1n) is 11.9. The van der Waals surface area contributed by atoms with Crippen molar-refractivity contribution in [1.29, 1.82) is 0 Å². The predicted octanol–water partition coefficient (Wildman–Crippen LogP) is 6.05. The van der Waals surface area contributed by atoms with E-state index in [9.17, 15) is 13.2 Å². The number of methoxy groups -OCH3 is 2. The van der Waals surface area contributed by atoms with Gasteiger partial charge in [-0.05, 0) is 44.2 Å². The molecule has 0 N–H and O–H groups in total. The summed E-state index contributed by atoms with van der Waals surface area (Å²) >= 11 is 0. The molecule has 0 aliphatic heterocycles. The molecule has 8 nitrogen and oxygen atoms in total. The maximum absolute atomic E-state index is 14.1. The molecule has 0 unspecified atom stereocenters. The second kappa shape index (κ2) is 9.90. The van der Waals surface area contributed by atoms with Crippen molar-refractivity contribution in [2.24, 2.45) is 7.05 Å². The van der Waals surface area contributed by atoms with Gasteiger partial charge in [0.05, 0.1) is 37.0 Å². The molecule has 5 aromatic rings. The van der Waals surface area contributed by atoms with E-state index in [1.807, 2.05) is 31.2 Å². The Morgan fingerprint density at radius 2 is 1.46 bits per heavy atom. The zero-order chi connectivity index (χ0) is 27.9. The van der Waals surface area contributed by atoms with Gasteiger partial charge in [0.15, 0.2) is 5.69 Å². The molecule has 11 heteroatoms. The molecule has 39 heavy (non-hydrogen) atoms. The highest BCUT2D eigenvalue weighted by molar-refractivity contribution is 5.76. The van der Waals surface area contributed by atoms with Crippen molar-refractivity contribution in [1.82, 2.24) is 29.5 Å². The Morgan fingerprint density at radius 3 is 2.05 bits per heavy atom. The van der Waals surface area contributed by atoms with Crippen LogP contribution in [-0.4, -0.2) is 43.7 Å². The molecule has 3 aromatic heterocycles. The topological polar surface area (TPSA) is 79.9 Å². The van der Waals surface area contributed by atoms with E-state index in [1.165, 1.54) is 9.36 Å². The first-order chi connectivity index (χ1) is 18.6. The second-order valence-electron chi connectivity index (χ2n) is 8.94. The Morgan fingerprint density at radius 1 is 0.821 bits per heavy atom. The van der Waals surface area contributed by atoms with E-state index in [2.05, 4.69) is 15.1 Å². The van der Waals surface area contributed by atoms with Crippen LogP contribution >= 0.6 is 0 Å². The Bertz CT molecular complexity index is 1670. The van der Waals surface area contributed by atoms with Crippen LogP contribution in [0.25, 0.3) is 39.7 Å². The molecule has 5 rings (SSSR count). The zero-order valence-electron chi connectivity index (χ0n) is 21.9.